The number of aromatic nitrogens is 1. The van der Waals surface area contributed by atoms with Crippen LogP contribution in [0.3, 0.4) is 0 Å². The van der Waals surface area contributed by atoms with E-state index in [9.17, 15) is 4.79 Å². The van der Waals surface area contributed by atoms with Crippen molar-refractivity contribution in [3.05, 3.63) is 54.4 Å². The summed E-state index contributed by atoms with van der Waals surface area (Å²) < 4.78 is 0. The monoisotopic (exact) mass is 311 g/mol. The van der Waals surface area contributed by atoms with Gasteiger partial charge in [0, 0.05) is 18.8 Å². The van der Waals surface area contributed by atoms with Gasteiger partial charge >= 0.3 is 0 Å². The molecule has 0 bridgehead atoms. The molecule has 0 unspecified atom stereocenters. The van der Waals surface area contributed by atoms with Crippen LogP contribution in [-0.2, 0) is 0 Å². The van der Waals surface area contributed by atoms with Crippen molar-refractivity contribution in [3.63, 3.8) is 0 Å². The van der Waals surface area contributed by atoms with E-state index in [0.29, 0.717) is 12.2 Å². The van der Waals surface area contributed by atoms with Crippen molar-refractivity contribution in [1.82, 2.24) is 4.98 Å². The average Bonchev–Trinajstić information content (AvgIpc) is 2.61. The van der Waals surface area contributed by atoms with E-state index < -0.39 is 0 Å². The molecule has 0 aliphatic heterocycles. The van der Waals surface area contributed by atoms with Gasteiger partial charge in [-0.15, -0.1) is 0 Å². The number of rotatable bonds is 8. The van der Waals surface area contributed by atoms with Crippen molar-refractivity contribution < 1.29 is 4.79 Å². The maximum atomic E-state index is 12.6. The van der Waals surface area contributed by atoms with E-state index in [4.69, 9.17) is 0 Å². The van der Waals surface area contributed by atoms with Crippen LogP contribution in [0.15, 0.2) is 48.7 Å². The molecule has 0 spiro atoms. The smallest absolute Gasteiger partial charge is 0.276 e. The van der Waals surface area contributed by atoms with Gasteiger partial charge in [0.25, 0.3) is 5.91 Å². The molecule has 0 radical (unpaired) electrons. The van der Waals surface area contributed by atoms with E-state index in [1.807, 2.05) is 43.3 Å². The van der Waals surface area contributed by atoms with E-state index in [1.165, 1.54) is 12.8 Å². The van der Waals surface area contributed by atoms with E-state index in [0.717, 1.165) is 24.3 Å². The van der Waals surface area contributed by atoms with Gasteiger partial charge in [0.15, 0.2) is 0 Å². The first kappa shape index (κ1) is 17.0. The minimum absolute atomic E-state index is 0.0729. The summed E-state index contributed by atoms with van der Waals surface area (Å²) in [4.78, 5) is 18.7. The van der Waals surface area contributed by atoms with Crippen LogP contribution < -0.4 is 10.2 Å². The normalized spacial score (nSPS) is 10.3. The first-order valence-corrected chi connectivity index (χ1v) is 8.33. The minimum Gasteiger partial charge on any atom is -0.384 e. The molecule has 0 atom stereocenters. The van der Waals surface area contributed by atoms with Crippen molar-refractivity contribution in [2.45, 2.75) is 33.1 Å². The number of hydrogen-bond donors (Lipinski definition) is 1. The number of unbranched alkanes of at least 4 members (excludes halogenated alkanes) is 2. The van der Waals surface area contributed by atoms with Crippen molar-refractivity contribution in [2.75, 3.05) is 23.3 Å². The zero-order valence-corrected chi connectivity index (χ0v) is 14.0. The molecule has 1 N–H and O–H groups in total. The Hall–Kier alpha value is -2.36. The quantitative estimate of drug-likeness (QED) is 0.737. The summed E-state index contributed by atoms with van der Waals surface area (Å²) in [7, 11) is 0. The van der Waals surface area contributed by atoms with Crippen LogP contribution in [0.25, 0.3) is 0 Å². The van der Waals surface area contributed by atoms with Gasteiger partial charge in [0.05, 0.1) is 11.9 Å². The Morgan fingerprint density at radius 1 is 1.09 bits per heavy atom. The van der Waals surface area contributed by atoms with Crippen molar-refractivity contribution in [1.29, 1.82) is 0 Å². The second kappa shape index (κ2) is 8.93. The van der Waals surface area contributed by atoms with E-state index in [2.05, 4.69) is 17.2 Å². The molecular formula is C19H25N3O. The molecule has 0 saturated carbocycles. The van der Waals surface area contributed by atoms with Gasteiger partial charge in [-0.3, -0.25) is 4.79 Å². The molecule has 1 heterocycles. The number of benzene rings is 1. The van der Waals surface area contributed by atoms with E-state index in [-0.39, 0.29) is 5.91 Å². The third-order valence-corrected chi connectivity index (χ3v) is 3.72. The standard InChI is InChI=1S/C19H25N3O/c1-3-5-9-14-20-16-12-13-18(21-15-16)19(23)22(4-2)17-10-7-6-8-11-17/h6-8,10-13,15,20H,3-5,9,14H2,1-2H3. The Balaban J connectivity index is 2.01. The number of anilines is 2. The minimum atomic E-state index is -0.0729. The Bertz CT molecular complexity index is 596. The summed E-state index contributed by atoms with van der Waals surface area (Å²) >= 11 is 0. The fourth-order valence-electron chi connectivity index (χ4n) is 2.42. The molecule has 4 nitrogen and oxygen atoms in total. The highest BCUT2D eigenvalue weighted by Crippen LogP contribution is 2.16. The Labute approximate surface area is 138 Å². The average molecular weight is 311 g/mol. The second-order valence-electron chi connectivity index (χ2n) is 5.45. The lowest BCUT2D eigenvalue weighted by molar-refractivity contribution is 0.0983. The van der Waals surface area contributed by atoms with Crippen molar-refractivity contribution in [2.24, 2.45) is 0 Å². The van der Waals surface area contributed by atoms with Gasteiger partial charge in [-0.25, -0.2) is 4.98 Å². The molecule has 0 saturated heterocycles. The lowest BCUT2D eigenvalue weighted by atomic mass is 10.2. The van der Waals surface area contributed by atoms with Gasteiger partial charge in [-0.1, -0.05) is 38.0 Å². The molecule has 2 aromatic rings. The predicted molar refractivity (Wildman–Crippen MR) is 96.0 cm³/mol. The first-order valence-electron chi connectivity index (χ1n) is 8.33. The third kappa shape index (κ3) is 4.81. The molecule has 0 fully saturated rings. The second-order valence-corrected chi connectivity index (χ2v) is 5.45. The summed E-state index contributed by atoms with van der Waals surface area (Å²) in [5, 5.41) is 3.33. The third-order valence-electron chi connectivity index (χ3n) is 3.72. The largest absolute Gasteiger partial charge is 0.384 e. The molecule has 0 aliphatic rings. The number of nitrogens with one attached hydrogen (secondary N) is 1. The molecule has 4 heteroatoms. The van der Waals surface area contributed by atoms with E-state index >= 15 is 0 Å². The van der Waals surface area contributed by atoms with Crippen LogP contribution in [-0.4, -0.2) is 24.0 Å². The number of carbonyl (C=O) groups excluding carboxylic acids is 1. The molecule has 2 rings (SSSR count). The highest BCUT2D eigenvalue weighted by atomic mass is 16.2. The van der Waals surface area contributed by atoms with Crippen LogP contribution >= 0.6 is 0 Å². The van der Waals surface area contributed by atoms with Crippen LogP contribution in [0, 0.1) is 0 Å². The van der Waals surface area contributed by atoms with Gasteiger partial charge in [0.2, 0.25) is 0 Å². The summed E-state index contributed by atoms with van der Waals surface area (Å²) in [6.45, 7) is 5.71. The van der Waals surface area contributed by atoms with E-state index in [1.54, 1.807) is 17.2 Å². The Morgan fingerprint density at radius 3 is 2.48 bits per heavy atom. The summed E-state index contributed by atoms with van der Waals surface area (Å²) in [6.07, 6.45) is 5.31. The highest BCUT2D eigenvalue weighted by Gasteiger charge is 2.16. The maximum Gasteiger partial charge on any atom is 0.276 e. The Morgan fingerprint density at radius 2 is 1.87 bits per heavy atom. The van der Waals surface area contributed by atoms with Crippen molar-refractivity contribution >= 4 is 17.3 Å². The predicted octanol–water partition coefficient (Wildman–Crippen LogP) is 4.35. The molecule has 122 valence electrons. The Kier molecular flexibility index (Phi) is 6.60. The fraction of sp³-hybridized carbons (Fsp3) is 0.368. The molecule has 1 aromatic heterocycles. The number of amides is 1. The highest BCUT2D eigenvalue weighted by molar-refractivity contribution is 6.04. The number of para-hydroxylation sites is 1. The fourth-order valence-corrected chi connectivity index (χ4v) is 2.42. The van der Waals surface area contributed by atoms with Crippen LogP contribution in [0.1, 0.15) is 43.6 Å². The lowest BCUT2D eigenvalue weighted by Gasteiger charge is -2.20. The SMILES string of the molecule is CCCCCNc1ccc(C(=O)N(CC)c2ccccc2)nc1. The maximum absolute atomic E-state index is 12.6. The molecule has 0 aliphatic carbocycles. The topological polar surface area (TPSA) is 45.2 Å². The van der Waals surface area contributed by atoms with Gasteiger partial charge in [-0.2, -0.15) is 0 Å². The molecule has 23 heavy (non-hydrogen) atoms. The lowest BCUT2D eigenvalue weighted by Crippen LogP contribution is -2.31. The number of carbonyl (C=O) groups is 1. The number of pyridine rings is 1. The number of nitrogens with zero attached hydrogens (tertiary/aromatic N) is 2. The van der Waals surface area contributed by atoms with Crippen LogP contribution in [0.5, 0.6) is 0 Å². The summed E-state index contributed by atoms with van der Waals surface area (Å²) in [5.74, 6) is -0.0729. The summed E-state index contributed by atoms with van der Waals surface area (Å²) in [5.41, 5.74) is 2.32. The zero-order chi connectivity index (χ0) is 16.5. The van der Waals surface area contributed by atoms with Gasteiger partial charge < -0.3 is 10.2 Å². The van der Waals surface area contributed by atoms with Gasteiger partial charge in [0.1, 0.15) is 5.69 Å². The summed E-state index contributed by atoms with van der Waals surface area (Å²) in [6, 6.07) is 13.4. The molecular weight excluding hydrogens is 286 g/mol. The molecule has 1 amide bonds. The molecule has 1 aromatic carbocycles. The first-order chi connectivity index (χ1) is 11.3. The van der Waals surface area contributed by atoms with Crippen LogP contribution in [0.2, 0.25) is 0 Å². The van der Waals surface area contributed by atoms with Crippen molar-refractivity contribution in [3.8, 4) is 0 Å². The van der Waals surface area contributed by atoms with Crippen LogP contribution in [0.4, 0.5) is 11.4 Å². The van der Waals surface area contributed by atoms with Gasteiger partial charge in [-0.05, 0) is 37.6 Å². The zero-order valence-electron chi connectivity index (χ0n) is 14.0. The number of hydrogen-bond acceptors (Lipinski definition) is 3.